The molecule has 6 heteroatoms. The molecule has 13 aromatic rings. The Bertz CT molecular complexity index is 3600. The Morgan fingerprint density at radius 3 is 1.30 bits per heavy atom. The lowest BCUT2D eigenvalue weighted by molar-refractivity contribution is 0.669. The summed E-state index contributed by atoms with van der Waals surface area (Å²) in [5, 5.41) is 25.9. The molecule has 0 bridgehead atoms. The van der Waals surface area contributed by atoms with Crippen molar-refractivity contribution in [2.24, 2.45) is 14.1 Å². The van der Waals surface area contributed by atoms with Crippen LogP contribution >= 0.6 is 0 Å². The molecular weight excluding hydrogens is 689 g/mol. The second-order valence-electron chi connectivity index (χ2n) is 15.2. The molecule has 9 aromatic carbocycles. The summed E-state index contributed by atoms with van der Waals surface area (Å²) >= 11 is 0. The minimum Gasteiger partial charge on any atom is -0.455 e. The number of benzene rings is 9. The minimum atomic E-state index is 0.887. The van der Waals surface area contributed by atoms with Gasteiger partial charge in [-0.3, -0.25) is 9.36 Å². The first-order valence-corrected chi connectivity index (χ1v) is 18.9. The molecule has 0 radical (unpaired) electrons. The van der Waals surface area contributed by atoms with Gasteiger partial charge in [-0.2, -0.15) is 10.2 Å². The average molecular weight is 719 g/mol. The van der Waals surface area contributed by atoms with Crippen molar-refractivity contribution >= 4 is 109 Å². The molecule has 0 saturated carbocycles. The summed E-state index contributed by atoms with van der Waals surface area (Å²) in [5.74, 6) is 0. The summed E-state index contributed by atoms with van der Waals surface area (Å²) < 4.78 is 17.1. The maximum atomic E-state index is 6.64. The molecule has 4 heterocycles. The number of rotatable bonds is 2. The third-order valence-corrected chi connectivity index (χ3v) is 11.9. The zero-order valence-electron chi connectivity index (χ0n) is 30.5. The van der Waals surface area contributed by atoms with Crippen molar-refractivity contribution in [2.45, 2.75) is 0 Å². The van der Waals surface area contributed by atoms with Crippen LogP contribution < -0.4 is 0 Å². The Balaban J connectivity index is 1.20. The lowest BCUT2D eigenvalue weighted by atomic mass is 9.87. The fraction of sp³-hybridized carbons (Fsp3) is 0.0400. The maximum absolute atomic E-state index is 6.64. The van der Waals surface area contributed by atoms with E-state index in [-0.39, 0.29) is 0 Å². The first-order valence-electron chi connectivity index (χ1n) is 18.9. The van der Waals surface area contributed by atoms with E-state index < -0.39 is 0 Å². The summed E-state index contributed by atoms with van der Waals surface area (Å²) in [6.45, 7) is 0. The van der Waals surface area contributed by atoms with Crippen molar-refractivity contribution in [1.29, 1.82) is 0 Å². The second kappa shape index (κ2) is 10.6. The van der Waals surface area contributed by atoms with E-state index in [2.05, 4.69) is 122 Å². The standard InChI is InChI=1S/C50H30N4O2/c1-53-25-27-17-19-33-41(37-13-7-11-35-31-9-3-5-15-43(31)55-49(35)37)23-29-22-40-30(21-39(29)45(33)47(27)51-53)24-42(34-20-18-28-26-54(2)52-48(28)46(34)40)38-14-8-12-36-32-10-4-6-16-44(32)56-50(36)38/h3-26H,1-2H3. The molecule has 0 fully saturated rings. The van der Waals surface area contributed by atoms with Gasteiger partial charge in [-0.25, -0.2) is 0 Å². The summed E-state index contributed by atoms with van der Waals surface area (Å²) in [6, 6.07) is 47.9. The van der Waals surface area contributed by atoms with Crippen molar-refractivity contribution in [3.8, 4) is 22.3 Å². The highest BCUT2D eigenvalue weighted by Crippen LogP contribution is 2.47. The van der Waals surface area contributed by atoms with Gasteiger partial charge in [0.2, 0.25) is 0 Å². The molecule has 0 saturated heterocycles. The van der Waals surface area contributed by atoms with Crippen molar-refractivity contribution in [1.82, 2.24) is 19.6 Å². The van der Waals surface area contributed by atoms with E-state index in [1.54, 1.807) is 0 Å². The zero-order valence-corrected chi connectivity index (χ0v) is 30.5. The van der Waals surface area contributed by atoms with E-state index in [0.29, 0.717) is 0 Å². The van der Waals surface area contributed by atoms with Crippen molar-refractivity contribution in [3.05, 3.63) is 146 Å². The van der Waals surface area contributed by atoms with E-state index in [0.717, 1.165) is 131 Å². The van der Waals surface area contributed by atoms with Gasteiger partial charge in [0.05, 0.1) is 0 Å². The molecule has 13 rings (SSSR count). The van der Waals surface area contributed by atoms with Gasteiger partial charge in [0.1, 0.15) is 33.4 Å². The van der Waals surface area contributed by atoms with Gasteiger partial charge in [0.25, 0.3) is 0 Å². The van der Waals surface area contributed by atoms with Crippen molar-refractivity contribution in [3.63, 3.8) is 0 Å². The van der Waals surface area contributed by atoms with E-state index in [4.69, 9.17) is 19.0 Å². The quantitative estimate of drug-likeness (QED) is 0.132. The van der Waals surface area contributed by atoms with E-state index in [9.17, 15) is 0 Å². The Labute approximate surface area is 318 Å². The first kappa shape index (κ1) is 29.9. The fourth-order valence-corrected chi connectivity index (χ4v) is 9.54. The topological polar surface area (TPSA) is 61.9 Å². The fourth-order valence-electron chi connectivity index (χ4n) is 9.54. The molecule has 0 atom stereocenters. The zero-order chi connectivity index (χ0) is 36.8. The van der Waals surface area contributed by atoms with Gasteiger partial charge >= 0.3 is 0 Å². The monoisotopic (exact) mass is 718 g/mol. The Hall–Kier alpha value is -7.44. The van der Waals surface area contributed by atoms with Crippen LogP contribution in [-0.2, 0) is 14.1 Å². The highest BCUT2D eigenvalue weighted by atomic mass is 16.3. The van der Waals surface area contributed by atoms with Crippen molar-refractivity contribution in [2.75, 3.05) is 0 Å². The Morgan fingerprint density at radius 2 is 0.821 bits per heavy atom. The van der Waals surface area contributed by atoms with Crippen LogP contribution in [0, 0.1) is 0 Å². The number of hydrogen-bond acceptors (Lipinski definition) is 4. The number of aromatic nitrogens is 4. The molecule has 262 valence electrons. The van der Waals surface area contributed by atoms with Gasteiger partial charge in [0.15, 0.2) is 0 Å². The number of fused-ring (bicyclic) bond motifs is 16. The van der Waals surface area contributed by atoms with Crippen LogP contribution in [-0.4, -0.2) is 19.6 Å². The van der Waals surface area contributed by atoms with Gasteiger partial charge in [-0.1, -0.05) is 97.1 Å². The van der Waals surface area contributed by atoms with Gasteiger partial charge in [0, 0.05) is 80.7 Å². The summed E-state index contributed by atoms with van der Waals surface area (Å²) in [4.78, 5) is 0. The summed E-state index contributed by atoms with van der Waals surface area (Å²) in [5.41, 5.74) is 9.87. The highest BCUT2D eigenvalue weighted by molar-refractivity contribution is 6.30. The third kappa shape index (κ3) is 3.94. The second-order valence-corrected chi connectivity index (χ2v) is 15.2. The first-order chi connectivity index (χ1) is 27.6. The SMILES string of the molecule is Cn1cc2ccc3c(-c4cccc5c4oc4ccccc45)cc4cc5c(cc(-c6cccc7c6oc6ccccc67)c6ccc7cn(C)nc7c65)cc4c3c2n1. The number of para-hydroxylation sites is 4. The van der Waals surface area contributed by atoms with E-state index >= 15 is 0 Å². The Kier molecular flexibility index (Phi) is 5.68. The molecule has 0 aliphatic heterocycles. The van der Waals surface area contributed by atoms with Crippen LogP contribution in [0.4, 0.5) is 0 Å². The largest absolute Gasteiger partial charge is 0.455 e. The lowest BCUT2D eigenvalue weighted by Crippen LogP contribution is -1.91. The van der Waals surface area contributed by atoms with Crippen LogP contribution in [0.15, 0.2) is 155 Å². The minimum absolute atomic E-state index is 0.887. The highest BCUT2D eigenvalue weighted by Gasteiger charge is 2.22. The van der Waals surface area contributed by atoms with Crippen LogP contribution in [0.1, 0.15) is 0 Å². The average Bonchev–Trinajstić information content (AvgIpc) is 4.00. The smallest absolute Gasteiger partial charge is 0.143 e. The molecule has 0 aliphatic carbocycles. The van der Waals surface area contributed by atoms with Crippen LogP contribution in [0.2, 0.25) is 0 Å². The molecule has 6 nitrogen and oxygen atoms in total. The molecule has 0 amide bonds. The summed E-state index contributed by atoms with van der Waals surface area (Å²) in [6.07, 6.45) is 4.21. The molecule has 56 heavy (non-hydrogen) atoms. The van der Waals surface area contributed by atoms with Gasteiger partial charge in [-0.15, -0.1) is 0 Å². The molecular formula is C50H30N4O2. The predicted molar refractivity (Wildman–Crippen MR) is 230 cm³/mol. The summed E-state index contributed by atoms with van der Waals surface area (Å²) in [7, 11) is 4.00. The van der Waals surface area contributed by atoms with Gasteiger partial charge < -0.3 is 8.83 Å². The van der Waals surface area contributed by atoms with Crippen LogP contribution in [0.3, 0.4) is 0 Å². The van der Waals surface area contributed by atoms with Crippen LogP contribution in [0.5, 0.6) is 0 Å². The number of hydrogen-bond donors (Lipinski definition) is 0. The molecule has 4 aromatic heterocycles. The number of furan rings is 2. The van der Waals surface area contributed by atoms with Gasteiger partial charge in [-0.05, 0) is 79.8 Å². The normalized spacial score (nSPS) is 12.5. The molecule has 0 N–H and O–H groups in total. The lowest BCUT2D eigenvalue weighted by Gasteiger charge is -2.16. The Morgan fingerprint density at radius 1 is 0.375 bits per heavy atom. The maximum Gasteiger partial charge on any atom is 0.143 e. The van der Waals surface area contributed by atoms with E-state index in [1.165, 1.54) is 0 Å². The van der Waals surface area contributed by atoms with Crippen LogP contribution in [0.25, 0.3) is 131 Å². The molecule has 0 spiro atoms. The third-order valence-electron chi connectivity index (χ3n) is 11.9. The van der Waals surface area contributed by atoms with Crippen molar-refractivity contribution < 1.29 is 8.83 Å². The predicted octanol–water partition coefficient (Wildman–Crippen LogP) is 13.2. The molecule has 0 aliphatic rings. The van der Waals surface area contributed by atoms with E-state index in [1.807, 2.05) is 47.7 Å². The number of nitrogens with zero attached hydrogens (tertiary/aromatic N) is 4. The number of aryl methyl sites for hydroxylation is 2. The molecule has 0 unspecified atom stereocenters.